The van der Waals surface area contributed by atoms with E-state index in [1.165, 1.54) is 14.2 Å². The zero-order valence-electron chi connectivity index (χ0n) is 24.9. The number of fused-ring (bicyclic) bond motifs is 1. The van der Waals surface area contributed by atoms with Crippen LogP contribution in [0.25, 0.3) is 0 Å². The van der Waals surface area contributed by atoms with Gasteiger partial charge in [-0.1, -0.05) is 82.8 Å². The lowest BCUT2D eigenvalue weighted by Crippen LogP contribution is -2.45. The molecule has 46 heavy (non-hydrogen) atoms. The number of nitrogens with zero attached hydrogens (tertiary/aromatic N) is 1. The number of rotatable bonds is 7. The molecule has 13 nitrogen and oxygen atoms in total. The Morgan fingerprint density at radius 2 is 0.978 bits per heavy atom. The molecule has 4 aliphatic rings. The summed E-state index contributed by atoms with van der Waals surface area (Å²) in [6, 6.07) is 0. The first-order valence-corrected chi connectivity index (χ1v) is 17.8. The van der Waals surface area contributed by atoms with Crippen molar-refractivity contribution in [3.63, 3.8) is 0 Å². The van der Waals surface area contributed by atoms with Gasteiger partial charge in [0.15, 0.2) is 0 Å². The van der Waals surface area contributed by atoms with Gasteiger partial charge in [0.2, 0.25) is 0 Å². The lowest BCUT2D eigenvalue weighted by Gasteiger charge is -2.46. The van der Waals surface area contributed by atoms with Gasteiger partial charge in [-0.25, -0.2) is 28.8 Å². The van der Waals surface area contributed by atoms with Crippen molar-refractivity contribution in [3.05, 3.63) is 50.0 Å². The summed E-state index contributed by atoms with van der Waals surface area (Å²) >= 11 is 11.4. The van der Waals surface area contributed by atoms with Crippen molar-refractivity contribution in [1.29, 1.82) is 0 Å². The number of hydrogen-bond acceptors (Lipinski definition) is 20. The fourth-order valence-electron chi connectivity index (χ4n) is 4.28. The van der Waals surface area contributed by atoms with Crippen LogP contribution in [0.5, 0.6) is 0 Å². The van der Waals surface area contributed by atoms with Crippen LogP contribution in [0.2, 0.25) is 0 Å². The highest BCUT2D eigenvalue weighted by atomic mass is 32.2. The largest absolute Gasteiger partial charge is 0.466 e. The van der Waals surface area contributed by atoms with E-state index in [4.69, 9.17) is 40.6 Å². The lowest BCUT2D eigenvalue weighted by molar-refractivity contribution is -0.138. The Morgan fingerprint density at radius 1 is 0.587 bits per heavy atom. The van der Waals surface area contributed by atoms with E-state index in [1.807, 2.05) is 0 Å². The van der Waals surface area contributed by atoms with Gasteiger partial charge in [-0.15, -0.1) is 0 Å². The third kappa shape index (κ3) is 6.12. The summed E-state index contributed by atoms with van der Waals surface area (Å²) in [5, 5.41) is 0. The summed E-state index contributed by atoms with van der Waals surface area (Å²) in [4.78, 5) is 79.6. The zero-order chi connectivity index (χ0) is 34.1. The highest BCUT2D eigenvalue weighted by Gasteiger charge is 2.61. The maximum atomic E-state index is 13.6. The Labute approximate surface area is 293 Å². The molecule has 0 aromatic carbocycles. The molecule has 0 bridgehead atoms. The minimum Gasteiger partial charge on any atom is -0.466 e. The number of esters is 6. The van der Waals surface area contributed by atoms with E-state index in [0.29, 0.717) is 24.1 Å². The maximum Gasteiger partial charge on any atom is 0.346 e. The van der Waals surface area contributed by atoms with Crippen molar-refractivity contribution >= 4 is 123 Å². The Kier molecular flexibility index (Phi) is 11.6. The highest BCUT2D eigenvalue weighted by Crippen LogP contribution is 2.69. The molecular formula is C26H23NO12S7. The summed E-state index contributed by atoms with van der Waals surface area (Å²) in [6.45, 7) is 1.99. The van der Waals surface area contributed by atoms with Crippen LogP contribution in [0.3, 0.4) is 0 Å². The molecule has 4 aliphatic heterocycles. The second-order valence-electron chi connectivity index (χ2n) is 8.50. The first-order chi connectivity index (χ1) is 21.9. The van der Waals surface area contributed by atoms with Crippen LogP contribution in [-0.2, 0) is 57.2 Å². The van der Waals surface area contributed by atoms with Gasteiger partial charge >= 0.3 is 35.8 Å². The highest BCUT2D eigenvalue weighted by molar-refractivity contribution is 8.36. The average molecular weight is 766 g/mol. The van der Waals surface area contributed by atoms with Crippen molar-refractivity contribution in [2.24, 2.45) is 0 Å². The fraction of sp³-hybridized carbons (Fsp3) is 0.346. The molecule has 0 unspecified atom stereocenters. The van der Waals surface area contributed by atoms with Crippen molar-refractivity contribution < 1.29 is 57.2 Å². The molecule has 0 aromatic heterocycles. The molecule has 1 spiro atoms. The van der Waals surface area contributed by atoms with Crippen molar-refractivity contribution in [2.45, 2.75) is 11.0 Å². The number of methoxy groups -OCH3 is 6. The molecule has 0 aromatic rings. The number of thiocarbonyl (C=S) groups is 1. The number of hydrogen-bond donors (Lipinski definition) is 0. The molecule has 0 saturated carbocycles. The number of carbonyl (C=O) groups excluding carboxylic acids is 6. The molecule has 0 saturated heterocycles. The molecule has 20 heteroatoms. The summed E-state index contributed by atoms with van der Waals surface area (Å²) in [5.74, 6) is -5.06. The van der Waals surface area contributed by atoms with E-state index in [0.717, 1.165) is 99.0 Å². The van der Waals surface area contributed by atoms with E-state index in [1.54, 1.807) is 11.8 Å². The average Bonchev–Trinajstić information content (AvgIpc) is 3.68. The third-order valence-corrected chi connectivity index (χ3v) is 14.6. The summed E-state index contributed by atoms with van der Waals surface area (Å²) in [5.41, 5.74) is 0.568. The van der Waals surface area contributed by atoms with Crippen molar-refractivity contribution in [3.8, 4) is 0 Å². The van der Waals surface area contributed by atoms with Crippen LogP contribution in [0.15, 0.2) is 50.0 Å². The minimum absolute atomic E-state index is 0.00595. The van der Waals surface area contributed by atoms with Gasteiger partial charge in [0.25, 0.3) is 0 Å². The molecule has 0 atom stereocenters. The second-order valence-corrected chi connectivity index (χ2v) is 16.5. The van der Waals surface area contributed by atoms with Crippen LogP contribution in [0.4, 0.5) is 0 Å². The maximum absolute atomic E-state index is 13.6. The number of thioether (sulfide) groups is 6. The van der Waals surface area contributed by atoms with E-state index in [9.17, 15) is 28.8 Å². The van der Waals surface area contributed by atoms with Gasteiger partial charge in [0, 0.05) is 6.54 Å². The van der Waals surface area contributed by atoms with Gasteiger partial charge < -0.3 is 33.3 Å². The normalized spacial score (nSPS) is 19.0. The fourth-order valence-corrected chi connectivity index (χ4v) is 14.1. The van der Waals surface area contributed by atoms with Crippen LogP contribution < -0.4 is 0 Å². The van der Waals surface area contributed by atoms with E-state index >= 15 is 0 Å². The van der Waals surface area contributed by atoms with Gasteiger partial charge in [-0.05, 0) is 6.92 Å². The predicted molar refractivity (Wildman–Crippen MR) is 180 cm³/mol. The van der Waals surface area contributed by atoms with Crippen LogP contribution in [0, 0.1) is 0 Å². The first kappa shape index (κ1) is 36.3. The topological polar surface area (TPSA) is 161 Å². The van der Waals surface area contributed by atoms with Crippen molar-refractivity contribution in [1.82, 2.24) is 4.90 Å². The molecular weight excluding hydrogens is 743 g/mol. The third-order valence-electron chi connectivity index (χ3n) is 6.22. The summed E-state index contributed by atoms with van der Waals surface area (Å²) in [7, 11) is 6.90. The Bertz CT molecular complexity index is 1580. The SMILES string of the molecule is CCN1C(=C2SC(C(=O)OC)=C(C(=O)OC)S2)C(=S)SC2=C1C1(SC(C(=O)OC)=C(C(=O)OC)S1)C(C(=O)OC)=C(C(=O)OC)S2. The lowest BCUT2D eigenvalue weighted by atomic mass is 10.1. The smallest absolute Gasteiger partial charge is 0.346 e. The van der Waals surface area contributed by atoms with Gasteiger partial charge in [0.1, 0.15) is 32.8 Å². The minimum atomic E-state index is -1.72. The molecule has 4 heterocycles. The standard InChI is InChI=1S/C26H23NO12S7/c1-8-27-10(24-42-12(19(30)36-4)13(43-24)20(31)37-5)23(40)44-25-16(27)26(9(17(28)34-2)11(41-25)18(29)35-3)45-14(21(32)38-6)15(46-26)22(33)39-7/h8H2,1-7H3. The zero-order valence-corrected chi connectivity index (χ0v) is 30.6. The first-order valence-electron chi connectivity index (χ1n) is 12.5. The monoisotopic (exact) mass is 765 g/mol. The summed E-state index contributed by atoms with van der Waals surface area (Å²) < 4.78 is 29.4. The predicted octanol–water partition coefficient (Wildman–Crippen LogP) is 3.84. The van der Waals surface area contributed by atoms with Crippen LogP contribution in [0.1, 0.15) is 6.92 Å². The van der Waals surface area contributed by atoms with Crippen molar-refractivity contribution in [2.75, 3.05) is 49.2 Å². The van der Waals surface area contributed by atoms with Crippen LogP contribution in [-0.4, -0.2) is 98.2 Å². The van der Waals surface area contributed by atoms with E-state index in [2.05, 4.69) is 0 Å². The Morgan fingerprint density at radius 3 is 1.39 bits per heavy atom. The quantitative estimate of drug-likeness (QED) is 0.159. The van der Waals surface area contributed by atoms with Gasteiger partial charge in [-0.2, -0.15) is 0 Å². The molecule has 0 N–H and O–H groups in total. The number of ether oxygens (including phenoxy) is 6. The van der Waals surface area contributed by atoms with E-state index < -0.39 is 39.9 Å². The van der Waals surface area contributed by atoms with Crippen LogP contribution >= 0.6 is 82.8 Å². The van der Waals surface area contributed by atoms with E-state index in [-0.39, 0.29) is 36.6 Å². The van der Waals surface area contributed by atoms with Gasteiger partial charge in [-0.3, -0.25) is 0 Å². The van der Waals surface area contributed by atoms with Gasteiger partial charge in [0.05, 0.1) is 68.1 Å². The second kappa shape index (κ2) is 14.7. The molecule has 0 fully saturated rings. The molecule has 4 rings (SSSR count). The molecule has 246 valence electrons. The summed E-state index contributed by atoms with van der Waals surface area (Å²) in [6.07, 6.45) is 0. The Hall–Kier alpha value is -2.49. The molecule has 0 radical (unpaired) electrons. The molecule has 0 aliphatic carbocycles. The molecule has 0 amide bonds. The number of carbonyl (C=O) groups is 6. The Balaban J connectivity index is 2.03.